The molecule has 0 spiro atoms. The summed E-state index contributed by atoms with van der Waals surface area (Å²) < 4.78 is 5.35. The number of nitrogens with zero attached hydrogens (tertiary/aromatic N) is 1. The van der Waals surface area contributed by atoms with Gasteiger partial charge in [-0.25, -0.2) is 0 Å². The normalized spacial score (nSPS) is 10.3. The number of carbonyl (C=O) groups excluding carboxylic acids is 1. The molecule has 15 heavy (non-hydrogen) atoms. The molecule has 2 aromatic rings. The highest BCUT2D eigenvalue weighted by Gasteiger charge is 2.14. The molecule has 0 bridgehead atoms. The number of carbonyl (C=O) groups is 1. The number of ketones is 1. The van der Waals surface area contributed by atoms with Crippen molar-refractivity contribution in [3.05, 3.63) is 53.2 Å². The van der Waals surface area contributed by atoms with Crippen LogP contribution in [-0.2, 0) is 0 Å². The first-order valence-corrected chi connectivity index (χ1v) is 4.70. The van der Waals surface area contributed by atoms with Crippen molar-refractivity contribution in [3.8, 4) is 0 Å². The van der Waals surface area contributed by atoms with Gasteiger partial charge in [0.2, 0.25) is 5.78 Å². The Morgan fingerprint density at radius 3 is 2.73 bits per heavy atom. The molecule has 0 aliphatic rings. The third-order valence-corrected chi connectivity index (χ3v) is 2.31. The second-order valence-electron chi connectivity index (χ2n) is 3.42. The van der Waals surface area contributed by atoms with E-state index in [1.807, 2.05) is 13.8 Å². The number of aryl methyl sites for hydroxylation is 2. The molecule has 0 atom stereocenters. The quantitative estimate of drug-likeness (QED) is 0.701. The van der Waals surface area contributed by atoms with E-state index in [1.165, 1.54) is 6.20 Å². The average molecular weight is 201 g/mol. The summed E-state index contributed by atoms with van der Waals surface area (Å²) in [7, 11) is 0. The van der Waals surface area contributed by atoms with E-state index in [0.29, 0.717) is 11.3 Å². The highest BCUT2D eigenvalue weighted by Crippen LogP contribution is 2.16. The Morgan fingerprint density at radius 2 is 2.20 bits per heavy atom. The van der Waals surface area contributed by atoms with E-state index in [0.717, 1.165) is 11.3 Å². The van der Waals surface area contributed by atoms with Crippen LogP contribution in [0.2, 0.25) is 0 Å². The Hall–Kier alpha value is -1.90. The molecule has 0 N–H and O–H groups in total. The molecule has 0 fully saturated rings. The van der Waals surface area contributed by atoms with Gasteiger partial charge in [0.15, 0.2) is 5.76 Å². The van der Waals surface area contributed by atoms with E-state index in [9.17, 15) is 4.79 Å². The van der Waals surface area contributed by atoms with Gasteiger partial charge in [-0.2, -0.15) is 0 Å². The van der Waals surface area contributed by atoms with Crippen molar-refractivity contribution < 1.29 is 9.21 Å². The number of aromatic nitrogens is 1. The summed E-state index contributed by atoms with van der Waals surface area (Å²) in [4.78, 5) is 15.8. The summed E-state index contributed by atoms with van der Waals surface area (Å²) in [6.07, 6.45) is 3.17. The van der Waals surface area contributed by atoms with E-state index in [2.05, 4.69) is 4.98 Å². The van der Waals surface area contributed by atoms with Gasteiger partial charge in [0.25, 0.3) is 0 Å². The van der Waals surface area contributed by atoms with Gasteiger partial charge in [0, 0.05) is 18.0 Å². The van der Waals surface area contributed by atoms with Crippen molar-refractivity contribution in [2.75, 3.05) is 0 Å². The van der Waals surface area contributed by atoms with Crippen LogP contribution in [-0.4, -0.2) is 10.8 Å². The van der Waals surface area contributed by atoms with Gasteiger partial charge in [-0.3, -0.25) is 9.78 Å². The van der Waals surface area contributed by atoms with E-state index < -0.39 is 0 Å². The maximum Gasteiger partial charge on any atom is 0.229 e. The molecule has 2 aromatic heterocycles. The van der Waals surface area contributed by atoms with Gasteiger partial charge in [0.05, 0.1) is 0 Å². The fourth-order valence-corrected chi connectivity index (χ4v) is 1.32. The first-order chi connectivity index (χ1) is 7.18. The van der Waals surface area contributed by atoms with Gasteiger partial charge in [-0.15, -0.1) is 0 Å². The lowest BCUT2D eigenvalue weighted by Gasteiger charge is -1.95. The molecular weight excluding hydrogens is 190 g/mol. The predicted octanol–water partition coefficient (Wildman–Crippen LogP) is 2.52. The molecule has 3 heteroatoms. The van der Waals surface area contributed by atoms with Crippen LogP contribution < -0.4 is 0 Å². The minimum Gasteiger partial charge on any atom is -0.458 e. The third kappa shape index (κ3) is 1.81. The minimum atomic E-state index is -0.126. The van der Waals surface area contributed by atoms with Crippen LogP contribution in [0.15, 0.2) is 35.0 Å². The van der Waals surface area contributed by atoms with E-state index in [-0.39, 0.29) is 5.78 Å². The molecule has 3 nitrogen and oxygen atoms in total. The molecule has 0 radical (unpaired) electrons. The fraction of sp³-hybridized carbons (Fsp3) is 0.167. The molecule has 0 saturated heterocycles. The van der Waals surface area contributed by atoms with Gasteiger partial charge < -0.3 is 4.42 Å². The van der Waals surface area contributed by atoms with Crippen LogP contribution in [0.25, 0.3) is 0 Å². The van der Waals surface area contributed by atoms with Gasteiger partial charge in [-0.1, -0.05) is 0 Å². The molecule has 76 valence electrons. The molecule has 0 saturated carbocycles. The summed E-state index contributed by atoms with van der Waals surface area (Å²) in [6.45, 7) is 3.76. The minimum absolute atomic E-state index is 0.126. The lowest BCUT2D eigenvalue weighted by atomic mass is 10.1. The summed E-state index contributed by atoms with van der Waals surface area (Å²) in [5, 5.41) is 0. The Bertz CT molecular complexity index is 466. The maximum atomic E-state index is 11.9. The van der Waals surface area contributed by atoms with E-state index >= 15 is 0 Å². The fourth-order valence-electron chi connectivity index (χ4n) is 1.32. The van der Waals surface area contributed by atoms with E-state index in [4.69, 9.17) is 4.42 Å². The highest BCUT2D eigenvalue weighted by molar-refractivity contribution is 6.07. The lowest BCUT2D eigenvalue weighted by molar-refractivity contribution is 0.101. The number of pyridine rings is 1. The van der Waals surface area contributed by atoms with Crippen LogP contribution in [0, 0.1) is 13.8 Å². The number of rotatable bonds is 2. The zero-order chi connectivity index (χ0) is 10.8. The lowest BCUT2D eigenvalue weighted by Crippen LogP contribution is -1.99. The molecule has 0 aromatic carbocycles. The Balaban J connectivity index is 2.37. The molecule has 0 aliphatic carbocycles. The van der Waals surface area contributed by atoms with Gasteiger partial charge in [-0.05, 0) is 37.6 Å². The van der Waals surface area contributed by atoms with Crippen molar-refractivity contribution in [3.63, 3.8) is 0 Å². The smallest absolute Gasteiger partial charge is 0.229 e. The van der Waals surface area contributed by atoms with Crippen LogP contribution in [0.3, 0.4) is 0 Å². The monoisotopic (exact) mass is 201 g/mol. The summed E-state index contributed by atoms with van der Waals surface area (Å²) in [5.41, 5.74) is 1.54. The van der Waals surface area contributed by atoms with Crippen molar-refractivity contribution in [1.82, 2.24) is 4.98 Å². The van der Waals surface area contributed by atoms with Crippen molar-refractivity contribution in [2.24, 2.45) is 0 Å². The zero-order valence-electron chi connectivity index (χ0n) is 8.65. The Kier molecular flexibility index (Phi) is 2.37. The number of hydrogen-bond donors (Lipinski definition) is 0. The Labute approximate surface area is 87.8 Å². The standard InChI is InChI=1S/C12H11NO2/c1-8-6-11(15-9(8)2)12(14)10-4-3-5-13-7-10/h3-7H,1-2H3. The summed E-state index contributed by atoms with van der Waals surface area (Å²) in [6, 6.07) is 5.21. The maximum absolute atomic E-state index is 11.9. The molecule has 0 aliphatic heterocycles. The van der Waals surface area contributed by atoms with Crippen LogP contribution in [0.4, 0.5) is 0 Å². The second kappa shape index (κ2) is 3.69. The predicted molar refractivity (Wildman–Crippen MR) is 55.9 cm³/mol. The molecule has 0 unspecified atom stereocenters. The number of furan rings is 1. The average Bonchev–Trinajstić information content (AvgIpc) is 2.59. The van der Waals surface area contributed by atoms with Crippen LogP contribution >= 0.6 is 0 Å². The zero-order valence-corrected chi connectivity index (χ0v) is 8.65. The van der Waals surface area contributed by atoms with Crippen LogP contribution in [0.1, 0.15) is 27.4 Å². The summed E-state index contributed by atoms with van der Waals surface area (Å²) in [5.74, 6) is 1.03. The molecule has 2 heterocycles. The van der Waals surface area contributed by atoms with Crippen molar-refractivity contribution in [2.45, 2.75) is 13.8 Å². The Morgan fingerprint density at radius 1 is 1.40 bits per heavy atom. The highest BCUT2D eigenvalue weighted by atomic mass is 16.3. The molecular formula is C12H11NO2. The molecule has 0 amide bonds. The van der Waals surface area contributed by atoms with E-state index in [1.54, 1.807) is 24.4 Å². The van der Waals surface area contributed by atoms with Gasteiger partial charge in [0.1, 0.15) is 5.76 Å². The summed E-state index contributed by atoms with van der Waals surface area (Å²) >= 11 is 0. The second-order valence-corrected chi connectivity index (χ2v) is 3.42. The van der Waals surface area contributed by atoms with Crippen LogP contribution in [0.5, 0.6) is 0 Å². The van der Waals surface area contributed by atoms with Crippen molar-refractivity contribution in [1.29, 1.82) is 0 Å². The SMILES string of the molecule is Cc1cc(C(=O)c2cccnc2)oc1C. The van der Waals surface area contributed by atoms with Gasteiger partial charge >= 0.3 is 0 Å². The largest absolute Gasteiger partial charge is 0.458 e. The topological polar surface area (TPSA) is 43.1 Å². The van der Waals surface area contributed by atoms with Crippen molar-refractivity contribution >= 4 is 5.78 Å². The molecule has 2 rings (SSSR count). The third-order valence-electron chi connectivity index (χ3n) is 2.31. The first kappa shape index (κ1) is 9.65. The first-order valence-electron chi connectivity index (χ1n) is 4.70. The number of hydrogen-bond acceptors (Lipinski definition) is 3.